The van der Waals surface area contributed by atoms with Crippen LogP contribution in [0.1, 0.15) is 43.7 Å². The second kappa shape index (κ2) is 6.43. The highest BCUT2D eigenvalue weighted by atomic mass is 32.2. The normalized spacial score (nSPS) is 36.6. The summed E-state index contributed by atoms with van der Waals surface area (Å²) >= 11 is 0. The van der Waals surface area contributed by atoms with Crippen LogP contribution in [0.2, 0.25) is 0 Å². The summed E-state index contributed by atoms with van der Waals surface area (Å²) < 4.78 is 28.8. The summed E-state index contributed by atoms with van der Waals surface area (Å²) in [6, 6.07) is 8.41. The largest absolute Gasteiger partial charge is 0.381 e. The van der Waals surface area contributed by atoms with Gasteiger partial charge in [-0.15, -0.1) is 0 Å². The number of hydrogen-bond donors (Lipinski definition) is 1. The lowest BCUT2D eigenvalue weighted by molar-refractivity contribution is 0.178. The van der Waals surface area contributed by atoms with Crippen LogP contribution in [0, 0.1) is 17.8 Å². The van der Waals surface area contributed by atoms with Gasteiger partial charge in [0.25, 0.3) is 0 Å². The molecule has 132 valence electrons. The summed E-state index contributed by atoms with van der Waals surface area (Å²) in [4.78, 5) is 0.405. The molecule has 2 heterocycles. The van der Waals surface area contributed by atoms with E-state index in [9.17, 15) is 8.42 Å². The maximum absolute atomic E-state index is 11.6. The van der Waals surface area contributed by atoms with Crippen LogP contribution in [0.25, 0.3) is 0 Å². The van der Waals surface area contributed by atoms with Gasteiger partial charge in [-0.2, -0.15) is 0 Å². The first-order chi connectivity index (χ1) is 11.5. The van der Waals surface area contributed by atoms with E-state index in [1.165, 1.54) is 37.5 Å². The smallest absolute Gasteiger partial charge is 0.175 e. The zero-order chi connectivity index (χ0) is 16.7. The van der Waals surface area contributed by atoms with Crippen LogP contribution < -0.4 is 5.32 Å². The molecule has 1 aliphatic carbocycles. The van der Waals surface area contributed by atoms with Gasteiger partial charge in [-0.25, -0.2) is 8.42 Å². The third kappa shape index (κ3) is 3.39. The molecular formula is C19H27NO3S. The zero-order valence-electron chi connectivity index (χ0n) is 14.3. The third-order valence-electron chi connectivity index (χ3n) is 6.11. The van der Waals surface area contributed by atoms with Crippen molar-refractivity contribution in [2.24, 2.45) is 17.8 Å². The summed E-state index contributed by atoms with van der Waals surface area (Å²) in [6.07, 6.45) is 7.51. The van der Waals surface area contributed by atoms with Crippen LogP contribution in [-0.4, -0.2) is 33.9 Å². The molecule has 1 saturated carbocycles. The highest BCUT2D eigenvalue weighted by molar-refractivity contribution is 7.90. The molecule has 24 heavy (non-hydrogen) atoms. The Labute approximate surface area is 144 Å². The average molecular weight is 349 g/mol. The molecule has 2 aliphatic heterocycles. The molecule has 5 heteroatoms. The Morgan fingerprint density at radius 3 is 2.54 bits per heavy atom. The predicted octanol–water partition coefficient (Wildman–Crippen LogP) is 2.95. The lowest BCUT2D eigenvalue weighted by atomic mass is 9.89. The first kappa shape index (κ1) is 16.6. The van der Waals surface area contributed by atoms with E-state index in [1.54, 1.807) is 12.1 Å². The fraction of sp³-hybridized carbons (Fsp3) is 0.684. The molecule has 0 bridgehead atoms. The number of piperidine rings is 1. The molecule has 0 spiro atoms. The quantitative estimate of drug-likeness (QED) is 0.908. The summed E-state index contributed by atoms with van der Waals surface area (Å²) in [7, 11) is -3.11. The van der Waals surface area contributed by atoms with Crippen molar-refractivity contribution in [2.45, 2.75) is 49.1 Å². The summed E-state index contributed by atoms with van der Waals surface area (Å²) in [5.74, 6) is 2.46. The molecule has 2 saturated heterocycles. The van der Waals surface area contributed by atoms with E-state index in [-0.39, 0.29) is 0 Å². The van der Waals surface area contributed by atoms with Crippen molar-refractivity contribution in [1.82, 2.24) is 5.32 Å². The number of hydrogen-bond acceptors (Lipinski definition) is 4. The van der Waals surface area contributed by atoms with Crippen LogP contribution >= 0.6 is 0 Å². The molecule has 3 aliphatic rings. The Kier molecular flexibility index (Phi) is 4.43. The Bertz CT molecular complexity index is 679. The highest BCUT2D eigenvalue weighted by Crippen LogP contribution is 2.51. The van der Waals surface area contributed by atoms with Gasteiger partial charge in [-0.05, 0) is 61.1 Å². The van der Waals surface area contributed by atoms with Crippen LogP contribution in [0.15, 0.2) is 29.2 Å². The van der Waals surface area contributed by atoms with Gasteiger partial charge < -0.3 is 10.1 Å². The van der Waals surface area contributed by atoms with Gasteiger partial charge in [0.15, 0.2) is 9.84 Å². The highest BCUT2D eigenvalue weighted by Gasteiger charge is 2.48. The lowest BCUT2D eigenvalue weighted by Crippen LogP contribution is -2.39. The SMILES string of the molecule is CS(=O)(=O)c1ccc(C2CCCC([C@@H]3C[C@@H]3C3CCOC3)N2)cc1. The Balaban J connectivity index is 1.40. The van der Waals surface area contributed by atoms with Crippen molar-refractivity contribution >= 4 is 9.84 Å². The number of sulfone groups is 1. The minimum Gasteiger partial charge on any atom is -0.381 e. The lowest BCUT2D eigenvalue weighted by Gasteiger charge is -2.32. The minimum absolute atomic E-state index is 0.360. The third-order valence-corrected chi connectivity index (χ3v) is 7.24. The van der Waals surface area contributed by atoms with Crippen molar-refractivity contribution in [2.75, 3.05) is 19.5 Å². The molecule has 0 amide bonds. The second-order valence-corrected chi connectivity index (χ2v) is 9.80. The van der Waals surface area contributed by atoms with Crippen molar-refractivity contribution in [3.63, 3.8) is 0 Å². The fourth-order valence-corrected chi connectivity index (χ4v) is 5.28. The Hall–Kier alpha value is -0.910. The molecule has 1 aromatic rings. The van der Waals surface area contributed by atoms with Crippen LogP contribution in [0.4, 0.5) is 0 Å². The number of rotatable bonds is 4. The van der Waals surface area contributed by atoms with Crippen LogP contribution in [-0.2, 0) is 14.6 Å². The van der Waals surface area contributed by atoms with Gasteiger partial charge in [-0.3, -0.25) is 0 Å². The molecule has 1 aromatic carbocycles. The molecule has 0 aromatic heterocycles. The van der Waals surface area contributed by atoms with Crippen molar-refractivity contribution in [3.8, 4) is 0 Å². The van der Waals surface area contributed by atoms with Crippen LogP contribution in [0.5, 0.6) is 0 Å². The van der Waals surface area contributed by atoms with Gasteiger partial charge in [-0.1, -0.05) is 18.6 Å². The van der Waals surface area contributed by atoms with E-state index in [2.05, 4.69) is 5.32 Å². The van der Waals surface area contributed by atoms with Crippen molar-refractivity contribution in [1.29, 1.82) is 0 Å². The van der Waals surface area contributed by atoms with Crippen molar-refractivity contribution in [3.05, 3.63) is 29.8 Å². The molecule has 0 radical (unpaired) electrons. The van der Waals surface area contributed by atoms with E-state index < -0.39 is 9.84 Å². The monoisotopic (exact) mass is 349 g/mol. The maximum Gasteiger partial charge on any atom is 0.175 e. The van der Waals surface area contributed by atoms with Gasteiger partial charge in [0.05, 0.1) is 4.90 Å². The molecular weight excluding hydrogens is 322 g/mol. The molecule has 4 rings (SSSR count). The number of benzene rings is 1. The second-order valence-electron chi connectivity index (χ2n) is 7.78. The summed E-state index contributed by atoms with van der Waals surface area (Å²) in [5.41, 5.74) is 1.22. The van der Waals surface area contributed by atoms with Gasteiger partial charge in [0.2, 0.25) is 0 Å². The Morgan fingerprint density at radius 1 is 1.08 bits per heavy atom. The van der Waals surface area contributed by atoms with E-state index in [4.69, 9.17) is 4.74 Å². The van der Waals surface area contributed by atoms with E-state index in [0.717, 1.165) is 37.4 Å². The minimum atomic E-state index is -3.11. The summed E-state index contributed by atoms with van der Waals surface area (Å²) in [5, 5.41) is 3.85. The Morgan fingerprint density at radius 2 is 1.88 bits per heavy atom. The molecule has 3 fully saturated rings. The van der Waals surface area contributed by atoms with E-state index >= 15 is 0 Å². The number of ether oxygens (including phenoxy) is 1. The van der Waals surface area contributed by atoms with Gasteiger partial charge in [0, 0.05) is 31.6 Å². The first-order valence-electron chi connectivity index (χ1n) is 9.16. The molecule has 3 unspecified atom stereocenters. The molecule has 1 N–H and O–H groups in total. The topological polar surface area (TPSA) is 55.4 Å². The van der Waals surface area contributed by atoms with Gasteiger partial charge >= 0.3 is 0 Å². The number of nitrogens with one attached hydrogen (secondary N) is 1. The van der Waals surface area contributed by atoms with Crippen LogP contribution in [0.3, 0.4) is 0 Å². The standard InChI is InChI=1S/C19H27NO3S/c1-24(21,22)15-7-5-13(6-8-15)18-3-2-4-19(20-18)17-11-16(17)14-9-10-23-12-14/h5-8,14,16-20H,2-4,9-12H2,1H3/t14?,16-,17-,18?,19?/m1/s1. The zero-order valence-corrected chi connectivity index (χ0v) is 15.1. The van der Waals surface area contributed by atoms with Crippen molar-refractivity contribution < 1.29 is 13.2 Å². The fourth-order valence-electron chi connectivity index (χ4n) is 4.65. The first-order valence-corrected chi connectivity index (χ1v) is 11.1. The molecule has 5 atom stereocenters. The maximum atomic E-state index is 11.6. The summed E-state index contributed by atoms with van der Waals surface area (Å²) in [6.45, 7) is 1.91. The molecule has 4 nitrogen and oxygen atoms in total. The van der Waals surface area contributed by atoms with E-state index in [0.29, 0.717) is 17.0 Å². The van der Waals surface area contributed by atoms with Gasteiger partial charge in [0.1, 0.15) is 0 Å². The predicted molar refractivity (Wildman–Crippen MR) is 93.6 cm³/mol. The van der Waals surface area contributed by atoms with E-state index in [1.807, 2.05) is 12.1 Å². The average Bonchev–Trinajstić information content (AvgIpc) is 3.20.